The molecule has 1 aliphatic heterocycles. The molecule has 0 bridgehead atoms. The number of carbonyl (C=O) groups is 1. The average molecular weight is 350 g/mol. The molecule has 1 fully saturated rings. The van der Waals surface area contributed by atoms with E-state index in [2.05, 4.69) is 15.3 Å². The molecule has 0 radical (unpaired) electrons. The van der Waals surface area contributed by atoms with E-state index in [0.29, 0.717) is 6.42 Å². The van der Waals surface area contributed by atoms with Gasteiger partial charge >= 0.3 is 0 Å². The molecule has 124 valence electrons. The summed E-state index contributed by atoms with van der Waals surface area (Å²) in [5.41, 5.74) is 1.95. The van der Waals surface area contributed by atoms with Gasteiger partial charge in [0.05, 0.1) is 17.1 Å². The maximum absolute atomic E-state index is 12.1. The topological polar surface area (TPSA) is 57.8 Å². The van der Waals surface area contributed by atoms with Crippen molar-refractivity contribution < 1.29 is 4.79 Å². The Morgan fingerprint density at radius 1 is 1.43 bits per heavy atom. The molecule has 1 aliphatic rings. The number of carbonyl (C=O) groups excluding carboxylic acids is 1. The maximum Gasteiger partial charge on any atom is 0.220 e. The number of hydrogen-bond acceptors (Lipinski definition) is 4. The van der Waals surface area contributed by atoms with Crippen LogP contribution in [0.5, 0.6) is 0 Å². The molecule has 6 heteroatoms. The van der Waals surface area contributed by atoms with E-state index in [9.17, 15) is 4.79 Å². The van der Waals surface area contributed by atoms with Gasteiger partial charge in [0.25, 0.3) is 0 Å². The van der Waals surface area contributed by atoms with Crippen LogP contribution in [0.1, 0.15) is 50.9 Å². The zero-order valence-corrected chi connectivity index (χ0v) is 15.0. The lowest BCUT2D eigenvalue weighted by Gasteiger charge is -2.12. The Kier molecular flexibility index (Phi) is 5.89. The number of fused-ring (bicyclic) bond motifs is 1. The van der Waals surface area contributed by atoms with Gasteiger partial charge in [0.1, 0.15) is 5.82 Å². The van der Waals surface area contributed by atoms with E-state index in [0.717, 1.165) is 34.9 Å². The number of imidazole rings is 1. The second-order valence-corrected chi connectivity index (χ2v) is 8.79. The number of amides is 1. The van der Waals surface area contributed by atoms with Gasteiger partial charge < -0.3 is 10.3 Å². The average Bonchev–Trinajstić information content (AvgIpc) is 3.20. The first kappa shape index (κ1) is 16.7. The van der Waals surface area contributed by atoms with Gasteiger partial charge in [-0.2, -0.15) is 0 Å². The van der Waals surface area contributed by atoms with Crippen molar-refractivity contribution in [3.05, 3.63) is 30.1 Å². The van der Waals surface area contributed by atoms with E-state index >= 15 is 0 Å². The highest BCUT2D eigenvalue weighted by Crippen LogP contribution is 2.39. The smallest absolute Gasteiger partial charge is 0.220 e. The molecule has 4 nitrogen and oxygen atoms in total. The third-order valence-electron chi connectivity index (χ3n) is 4.10. The molecule has 2 heterocycles. The molecule has 1 aromatic carbocycles. The van der Waals surface area contributed by atoms with Gasteiger partial charge in [0.15, 0.2) is 0 Å². The van der Waals surface area contributed by atoms with Crippen LogP contribution in [0.25, 0.3) is 11.0 Å². The summed E-state index contributed by atoms with van der Waals surface area (Å²) in [5.74, 6) is 2.22. The normalized spacial score (nSPS) is 19.1. The molecule has 1 unspecified atom stereocenters. The van der Waals surface area contributed by atoms with Crippen LogP contribution in [0.4, 0.5) is 0 Å². The second kappa shape index (κ2) is 8.11. The molecule has 1 amide bonds. The Bertz CT molecular complexity index is 619. The molecule has 1 saturated heterocycles. The van der Waals surface area contributed by atoms with Crippen molar-refractivity contribution in [2.45, 2.75) is 50.3 Å². The van der Waals surface area contributed by atoms with Crippen molar-refractivity contribution in [1.29, 1.82) is 0 Å². The first-order chi connectivity index (χ1) is 11.2. The summed E-state index contributed by atoms with van der Waals surface area (Å²) in [6, 6.07) is 7.84. The highest BCUT2D eigenvalue weighted by atomic mass is 33.1. The summed E-state index contributed by atoms with van der Waals surface area (Å²) >= 11 is 0. The van der Waals surface area contributed by atoms with Crippen molar-refractivity contribution in [3.8, 4) is 0 Å². The number of nitrogens with one attached hydrogen (secondary N) is 2. The van der Waals surface area contributed by atoms with Gasteiger partial charge in [-0.15, -0.1) is 0 Å². The molecular formula is C17H23N3OS2. The van der Waals surface area contributed by atoms with Gasteiger partial charge in [-0.1, -0.05) is 40.1 Å². The van der Waals surface area contributed by atoms with Crippen LogP contribution in [-0.4, -0.2) is 26.9 Å². The van der Waals surface area contributed by atoms with Crippen molar-refractivity contribution in [1.82, 2.24) is 15.3 Å². The van der Waals surface area contributed by atoms with Crippen LogP contribution in [-0.2, 0) is 4.79 Å². The summed E-state index contributed by atoms with van der Waals surface area (Å²) in [6.45, 7) is 1.97. The molecule has 2 N–H and O–H groups in total. The Labute approximate surface area is 145 Å². The summed E-state index contributed by atoms with van der Waals surface area (Å²) in [5, 5.41) is 3.85. The zero-order chi connectivity index (χ0) is 16.1. The monoisotopic (exact) mass is 349 g/mol. The van der Waals surface area contributed by atoms with Crippen molar-refractivity contribution >= 4 is 38.5 Å². The second-order valence-electron chi connectivity index (χ2n) is 6.00. The number of hydrogen-bond donors (Lipinski definition) is 2. The van der Waals surface area contributed by atoms with Crippen molar-refractivity contribution in [3.63, 3.8) is 0 Å². The molecule has 0 spiro atoms. The van der Waals surface area contributed by atoms with Gasteiger partial charge in [0.2, 0.25) is 5.91 Å². The minimum absolute atomic E-state index is 0.0864. The Balaban J connectivity index is 1.41. The lowest BCUT2D eigenvalue weighted by molar-refractivity contribution is -0.121. The lowest BCUT2D eigenvalue weighted by atomic mass is 10.1. The van der Waals surface area contributed by atoms with Gasteiger partial charge in [-0.05, 0) is 38.3 Å². The molecule has 23 heavy (non-hydrogen) atoms. The highest BCUT2D eigenvalue weighted by Gasteiger charge is 2.16. The SMILES string of the molecule is C[C@H](NC(=O)CCCCC1CCSS1)c1nc2ccccc2[nH]1. The lowest BCUT2D eigenvalue weighted by Crippen LogP contribution is -2.27. The number of H-pyrrole nitrogens is 1. The van der Waals surface area contributed by atoms with E-state index in [1.807, 2.05) is 52.8 Å². The number of rotatable bonds is 7. The number of benzene rings is 1. The van der Waals surface area contributed by atoms with Crippen molar-refractivity contribution in [2.75, 3.05) is 5.75 Å². The van der Waals surface area contributed by atoms with E-state index in [1.165, 1.54) is 18.6 Å². The Morgan fingerprint density at radius 3 is 3.09 bits per heavy atom. The molecule has 0 aliphatic carbocycles. The number of aromatic nitrogens is 2. The van der Waals surface area contributed by atoms with Gasteiger partial charge in [-0.25, -0.2) is 4.98 Å². The minimum Gasteiger partial charge on any atom is -0.346 e. The predicted octanol–water partition coefficient (Wildman–Crippen LogP) is 4.45. The largest absolute Gasteiger partial charge is 0.346 e. The molecule has 3 rings (SSSR count). The van der Waals surface area contributed by atoms with E-state index in [4.69, 9.17) is 0 Å². The predicted molar refractivity (Wildman–Crippen MR) is 99.6 cm³/mol. The fourth-order valence-corrected chi connectivity index (χ4v) is 5.81. The minimum atomic E-state index is -0.0864. The summed E-state index contributed by atoms with van der Waals surface area (Å²) in [4.78, 5) is 19.9. The number of unbranched alkanes of at least 4 members (excludes halogenated alkanes) is 1. The Morgan fingerprint density at radius 2 is 2.30 bits per heavy atom. The zero-order valence-electron chi connectivity index (χ0n) is 13.4. The van der Waals surface area contributed by atoms with Crippen LogP contribution in [0.3, 0.4) is 0 Å². The maximum atomic E-state index is 12.1. The first-order valence-corrected chi connectivity index (χ1v) is 10.6. The van der Waals surface area contributed by atoms with E-state index in [-0.39, 0.29) is 11.9 Å². The number of para-hydroxylation sites is 2. The van der Waals surface area contributed by atoms with Crippen LogP contribution < -0.4 is 5.32 Å². The fraction of sp³-hybridized carbons (Fsp3) is 0.529. The standard InChI is InChI=1S/C17H23N3OS2/c1-12(17-19-14-7-3-4-8-15(14)20-17)18-16(21)9-5-2-6-13-10-11-22-23-13/h3-4,7-8,12-13H,2,5-6,9-11H2,1H3,(H,18,21)(H,19,20)/t12-,13?/m0/s1. The molecule has 1 aromatic heterocycles. The van der Waals surface area contributed by atoms with Gasteiger partial charge in [0, 0.05) is 17.4 Å². The van der Waals surface area contributed by atoms with Crippen LogP contribution in [0.2, 0.25) is 0 Å². The summed E-state index contributed by atoms with van der Waals surface area (Å²) in [6.07, 6.45) is 5.29. The quantitative estimate of drug-likeness (QED) is 0.572. The summed E-state index contributed by atoms with van der Waals surface area (Å²) < 4.78 is 0. The third kappa shape index (κ3) is 4.67. The van der Waals surface area contributed by atoms with Crippen LogP contribution in [0, 0.1) is 0 Å². The van der Waals surface area contributed by atoms with E-state index in [1.54, 1.807) is 0 Å². The van der Waals surface area contributed by atoms with Gasteiger partial charge in [-0.3, -0.25) is 4.79 Å². The van der Waals surface area contributed by atoms with E-state index < -0.39 is 0 Å². The van der Waals surface area contributed by atoms with Crippen LogP contribution in [0.15, 0.2) is 24.3 Å². The highest BCUT2D eigenvalue weighted by molar-refractivity contribution is 8.77. The molecule has 2 aromatic rings. The fourth-order valence-electron chi connectivity index (χ4n) is 2.78. The Hall–Kier alpha value is -1.14. The summed E-state index contributed by atoms with van der Waals surface area (Å²) in [7, 11) is 4.00. The number of aromatic amines is 1. The first-order valence-electron chi connectivity index (χ1n) is 8.24. The third-order valence-corrected chi connectivity index (χ3v) is 7.11. The number of nitrogens with zero attached hydrogens (tertiary/aromatic N) is 1. The molecule has 0 saturated carbocycles. The molecule has 2 atom stereocenters. The van der Waals surface area contributed by atoms with Crippen molar-refractivity contribution in [2.24, 2.45) is 0 Å². The molecular weight excluding hydrogens is 326 g/mol. The van der Waals surface area contributed by atoms with Crippen LogP contribution >= 0.6 is 21.6 Å².